The van der Waals surface area contributed by atoms with E-state index < -0.39 is 0 Å². The average Bonchev–Trinajstić information content (AvgIpc) is 2.09. The fourth-order valence-electron chi connectivity index (χ4n) is 0.819. The Morgan fingerprint density at radius 2 is 2.00 bits per heavy atom. The number of halogens is 1. The van der Waals surface area contributed by atoms with Crippen LogP contribution in [0.1, 0.15) is 13.3 Å². The summed E-state index contributed by atoms with van der Waals surface area (Å²) in [4.78, 5) is 0. The van der Waals surface area contributed by atoms with Crippen molar-refractivity contribution < 1.29 is 4.39 Å². The summed E-state index contributed by atoms with van der Waals surface area (Å²) in [6.45, 7) is 2.06. The number of hydrogen-bond donors (Lipinski definition) is 1. The molecule has 0 aliphatic heterocycles. The molecule has 1 N–H and O–H groups in total. The molecule has 0 aliphatic rings. The zero-order valence-electron chi connectivity index (χ0n) is 7.05. The van der Waals surface area contributed by atoms with Gasteiger partial charge in [-0.3, -0.25) is 0 Å². The molecular formula is C10H12FN. The van der Waals surface area contributed by atoms with Crippen LogP contribution in [-0.4, -0.2) is 0 Å². The van der Waals surface area contributed by atoms with Crippen molar-refractivity contribution in [3.8, 4) is 0 Å². The predicted octanol–water partition coefficient (Wildman–Crippen LogP) is 3.16. The van der Waals surface area contributed by atoms with Gasteiger partial charge >= 0.3 is 0 Å². The van der Waals surface area contributed by atoms with Gasteiger partial charge in [0.15, 0.2) is 0 Å². The number of hydrogen-bond acceptors (Lipinski definition) is 1. The van der Waals surface area contributed by atoms with Crippen molar-refractivity contribution >= 4 is 5.69 Å². The fraction of sp³-hybridized carbons (Fsp3) is 0.200. The summed E-state index contributed by atoms with van der Waals surface area (Å²) in [6, 6.07) is 6.27. The van der Waals surface area contributed by atoms with E-state index in [-0.39, 0.29) is 5.82 Å². The lowest BCUT2D eigenvalue weighted by molar-refractivity contribution is 0.628. The minimum atomic E-state index is -0.208. The minimum absolute atomic E-state index is 0.208. The van der Waals surface area contributed by atoms with Gasteiger partial charge in [0, 0.05) is 5.69 Å². The van der Waals surface area contributed by atoms with E-state index in [0.29, 0.717) is 0 Å². The molecule has 0 radical (unpaired) electrons. The number of rotatable bonds is 3. The average molecular weight is 165 g/mol. The van der Waals surface area contributed by atoms with Gasteiger partial charge in [0.2, 0.25) is 0 Å². The van der Waals surface area contributed by atoms with Gasteiger partial charge in [-0.25, -0.2) is 4.39 Å². The largest absolute Gasteiger partial charge is 0.362 e. The van der Waals surface area contributed by atoms with Crippen molar-refractivity contribution in [2.75, 3.05) is 5.32 Å². The van der Waals surface area contributed by atoms with E-state index in [1.165, 1.54) is 12.1 Å². The summed E-state index contributed by atoms with van der Waals surface area (Å²) in [6.07, 6.45) is 4.85. The number of anilines is 1. The molecule has 64 valence electrons. The van der Waals surface area contributed by atoms with Crippen LogP contribution in [0.2, 0.25) is 0 Å². The highest BCUT2D eigenvalue weighted by atomic mass is 19.1. The van der Waals surface area contributed by atoms with Crippen molar-refractivity contribution in [1.29, 1.82) is 0 Å². The normalized spacial score (nSPS) is 10.5. The topological polar surface area (TPSA) is 12.0 Å². The van der Waals surface area contributed by atoms with Crippen LogP contribution in [0.25, 0.3) is 0 Å². The molecule has 0 aromatic heterocycles. The lowest BCUT2D eigenvalue weighted by Gasteiger charge is -1.98. The first-order valence-electron chi connectivity index (χ1n) is 4.00. The van der Waals surface area contributed by atoms with Crippen LogP contribution in [0.3, 0.4) is 0 Å². The van der Waals surface area contributed by atoms with Gasteiger partial charge in [0.1, 0.15) is 5.82 Å². The number of nitrogens with one attached hydrogen (secondary N) is 1. The fourth-order valence-corrected chi connectivity index (χ4v) is 0.819. The van der Waals surface area contributed by atoms with Crippen molar-refractivity contribution in [1.82, 2.24) is 0 Å². The van der Waals surface area contributed by atoms with Gasteiger partial charge in [-0.05, 0) is 36.9 Å². The van der Waals surface area contributed by atoms with Gasteiger partial charge in [0.05, 0.1) is 0 Å². The van der Waals surface area contributed by atoms with Gasteiger partial charge in [-0.1, -0.05) is 13.0 Å². The summed E-state index contributed by atoms with van der Waals surface area (Å²) in [7, 11) is 0. The second kappa shape index (κ2) is 4.54. The van der Waals surface area contributed by atoms with E-state index in [1.807, 2.05) is 12.3 Å². The Labute approximate surface area is 71.9 Å². The predicted molar refractivity (Wildman–Crippen MR) is 49.5 cm³/mol. The lowest BCUT2D eigenvalue weighted by Crippen LogP contribution is -1.86. The van der Waals surface area contributed by atoms with E-state index in [2.05, 4.69) is 12.2 Å². The second-order valence-electron chi connectivity index (χ2n) is 2.46. The van der Waals surface area contributed by atoms with Crippen molar-refractivity contribution in [3.63, 3.8) is 0 Å². The van der Waals surface area contributed by atoms with E-state index in [4.69, 9.17) is 0 Å². The Balaban J connectivity index is 2.53. The summed E-state index contributed by atoms with van der Waals surface area (Å²) in [5.41, 5.74) is 0.904. The molecule has 0 saturated heterocycles. The van der Waals surface area contributed by atoms with Gasteiger partial charge in [-0.2, -0.15) is 0 Å². The molecule has 2 heteroatoms. The maximum Gasteiger partial charge on any atom is 0.123 e. The molecule has 1 aromatic carbocycles. The first-order valence-corrected chi connectivity index (χ1v) is 4.00. The molecule has 0 atom stereocenters. The first kappa shape index (κ1) is 8.78. The van der Waals surface area contributed by atoms with Crippen LogP contribution in [0.5, 0.6) is 0 Å². The molecular weight excluding hydrogens is 153 g/mol. The highest BCUT2D eigenvalue weighted by Gasteiger charge is 1.88. The molecule has 12 heavy (non-hydrogen) atoms. The smallest absolute Gasteiger partial charge is 0.123 e. The van der Waals surface area contributed by atoms with Crippen molar-refractivity contribution in [2.24, 2.45) is 0 Å². The summed E-state index contributed by atoms with van der Waals surface area (Å²) in [5, 5.41) is 3.03. The molecule has 0 aliphatic carbocycles. The minimum Gasteiger partial charge on any atom is -0.362 e. The summed E-state index contributed by atoms with van der Waals surface area (Å²) in [5.74, 6) is -0.208. The third-order valence-electron chi connectivity index (χ3n) is 1.45. The number of benzene rings is 1. The molecule has 0 fully saturated rings. The van der Waals surface area contributed by atoms with Crippen LogP contribution in [0.4, 0.5) is 10.1 Å². The SMILES string of the molecule is CCC=CNc1ccc(F)cc1. The van der Waals surface area contributed by atoms with Crippen molar-refractivity contribution in [2.45, 2.75) is 13.3 Å². The van der Waals surface area contributed by atoms with Crippen LogP contribution < -0.4 is 5.32 Å². The van der Waals surface area contributed by atoms with E-state index in [0.717, 1.165) is 12.1 Å². The molecule has 0 amide bonds. The highest BCUT2D eigenvalue weighted by molar-refractivity contribution is 5.45. The molecule has 1 aromatic rings. The molecule has 0 bridgehead atoms. The van der Waals surface area contributed by atoms with Crippen molar-refractivity contribution in [3.05, 3.63) is 42.4 Å². The highest BCUT2D eigenvalue weighted by Crippen LogP contribution is 2.07. The van der Waals surface area contributed by atoms with E-state index >= 15 is 0 Å². The molecule has 1 rings (SSSR count). The van der Waals surface area contributed by atoms with Crippen LogP contribution in [0.15, 0.2) is 36.5 Å². The van der Waals surface area contributed by atoms with Crippen LogP contribution >= 0.6 is 0 Å². The maximum absolute atomic E-state index is 12.4. The van der Waals surface area contributed by atoms with Gasteiger partial charge in [0.25, 0.3) is 0 Å². The third-order valence-corrected chi connectivity index (χ3v) is 1.45. The van der Waals surface area contributed by atoms with Crippen LogP contribution in [0, 0.1) is 5.82 Å². The number of allylic oxidation sites excluding steroid dienone is 1. The molecule has 0 saturated carbocycles. The standard InChI is InChI=1S/C10H12FN/c1-2-3-8-12-10-6-4-9(11)5-7-10/h3-8,12H,2H2,1H3. The third kappa shape index (κ3) is 2.74. The Hall–Kier alpha value is -1.31. The summed E-state index contributed by atoms with van der Waals surface area (Å²) >= 11 is 0. The Kier molecular flexibility index (Phi) is 3.33. The Morgan fingerprint density at radius 3 is 2.58 bits per heavy atom. The molecule has 1 nitrogen and oxygen atoms in total. The van der Waals surface area contributed by atoms with E-state index in [9.17, 15) is 4.39 Å². The Bertz CT molecular complexity index is 251. The Morgan fingerprint density at radius 1 is 1.33 bits per heavy atom. The lowest BCUT2D eigenvalue weighted by atomic mass is 10.3. The molecule has 0 unspecified atom stereocenters. The van der Waals surface area contributed by atoms with Crippen LogP contribution in [-0.2, 0) is 0 Å². The zero-order chi connectivity index (χ0) is 8.81. The zero-order valence-corrected chi connectivity index (χ0v) is 7.05. The van der Waals surface area contributed by atoms with E-state index in [1.54, 1.807) is 12.1 Å². The summed E-state index contributed by atoms with van der Waals surface area (Å²) < 4.78 is 12.4. The molecule has 0 spiro atoms. The quantitative estimate of drug-likeness (QED) is 0.725. The maximum atomic E-state index is 12.4. The first-order chi connectivity index (χ1) is 5.83. The molecule has 0 heterocycles. The van der Waals surface area contributed by atoms with Gasteiger partial charge < -0.3 is 5.32 Å². The second-order valence-corrected chi connectivity index (χ2v) is 2.46. The van der Waals surface area contributed by atoms with Gasteiger partial charge in [-0.15, -0.1) is 0 Å². The monoisotopic (exact) mass is 165 g/mol.